The summed E-state index contributed by atoms with van der Waals surface area (Å²) < 4.78 is 10.7. The van der Waals surface area contributed by atoms with E-state index in [-0.39, 0.29) is 24.0 Å². The van der Waals surface area contributed by atoms with E-state index in [2.05, 4.69) is 33.5 Å². The highest BCUT2D eigenvalue weighted by Crippen LogP contribution is 2.27. The van der Waals surface area contributed by atoms with Gasteiger partial charge in [-0.2, -0.15) is 0 Å². The molecule has 6 nitrogen and oxygen atoms in total. The third kappa shape index (κ3) is 7.37. The molecule has 1 unspecified atom stereocenters. The Kier molecular flexibility index (Phi) is 11.5. The van der Waals surface area contributed by atoms with Crippen molar-refractivity contribution in [1.29, 1.82) is 0 Å². The Hall–Kier alpha value is -1.22. The highest BCUT2D eigenvalue weighted by molar-refractivity contribution is 14.0. The molecule has 1 aromatic rings. The van der Waals surface area contributed by atoms with E-state index < -0.39 is 0 Å². The summed E-state index contributed by atoms with van der Waals surface area (Å²) in [5.74, 6) is 2.39. The molecule has 0 spiro atoms. The van der Waals surface area contributed by atoms with Gasteiger partial charge in [0.25, 0.3) is 0 Å². The maximum Gasteiger partial charge on any atom is 0.191 e. The second-order valence-corrected chi connectivity index (χ2v) is 6.62. The Morgan fingerprint density at radius 1 is 1.15 bits per heavy atom. The van der Waals surface area contributed by atoms with Gasteiger partial charge in [0.15, 0.2) is 17.5 Å². The first kappa shape index (κ1) is 23.8. The molecular weight excluding hydrogens is 455 g/mol. The minimum absolute atomic E-state index is 0. The Morgan fingerprint density at radius 3 is 2.44 bits per heavy atom. The molecule has 1 saturated heterocycles. The number of hydrogen-bond acceptors (Lipinski definition) is 4. The molecular formula is C20H35IN4O2. The van der Waals surface area contributed by atoms with Crippen LogP contribution < -0.4 is 20.1 Å². The standard InChI is InChI=1S/C20H34N4O2.HI/c1-5-17(24-12-6-7-13-24)15-23-20(21-2)22-11-10-16-8-9-18(25-3)19(14-16)26-4;/h8-9,14,17H,5-7,10-13,15H2,1-4H3,(H2,21,22,23);1H. The maximum atomic E-state index is 5.37. The van der Waals surface area contributed by atoms with Crippen LogP contribution in [-0.4, -0.2) is 64.3 Å². The molecule has 27 heavy (non-hydrogen) atoms. The summed E-state index contributed by atoms with van der Waals surface area (Å²) >= 11 is 0. The van der Waals surface area contributed by atoms with E-state index in [0.29, 0.717) is 6.04 Å². The fourth-order valence-corrected chi connectivity index (χ4v) is 3.43. The lowest BCUT2D eigenvalue weighted by molar-refractivity contribution is 0.236. The fraction of sp³-hybridized carbons (Fsp3) is 0.650. The summed E-state index contributed by atoms with van der Waals surface area (Å²) in [5, 5.41) is 6.88. The monoisotopic (exact) mass is 490 g/mol. The number of likely N-dealkylation sites (tertiary alicyclic amines) is 1. The van der Waals surface area contributed by atoms with E-state index in [9.17, 15) is 0 Å². The van der Waals surface area contributed by atoms with Crippen LogP contribution in [0.15, 0.2) is 23.2 Å². The van der Waals surface area contributed by atoms with E-state index >= 15 is 0 Å². The number of rotatable bonds is 9. The van der Waals surface area contributed by atoms with E-state index in [1.165, 1.54) is 31.5 Å². The Balaban J connectivity index is 0.00000364. The number of benzene rings is 1. The molecule has 154 valence electrons. The van der Waals surface area contributed by atoms with Gasteiger partial charge >= 0.3 is 0 Å². The number of methoxy groups -OCH3 is 2. The topological polar surface area (TPSA) is 58.1 Å². The Labute approximate surface area is 181 Å². The van der Waals surface area contributed by atoms with Crippen LogP contribution in [0.4, 0.5) is 0 Å². The fourth-order valence-electron chi connectivity index (χ4n) is 3.43. The molecule has 0 amide bonds. The van der Waals surface area contributed by atoms with Gasteiger partial charge in [0.1, 0.15) is 0 Å². The van der Waals surface area contributed by atoms with Crippen molar-refractivity contribution in [3.8, 4) is 11.5 Å². The van der Waals surface area contributed by atoms with Crippen molar-refractivity contribution < 1.29 is 9.47 Å². The van der Waals surface area contributed by atoms with Crippen LogP contribution in [0.2, 0.25) is 0 Å². The molecule has 1 heterocycles. The molecule has 1 aromatic carbocycles. The third-order valence-electron chi connectivity index (χ3n) is 5.01. The second kappa shape index (κ2) is 13.0. The zero-order chi connectivity index (χ0) is 18.8. The Morgan fingerprint density at radius 2 is 1.85 bits per heavy atom. The molecule has 1 aliphatic rings. The zero-order valence-corrected chi connectivity index (χ0v) is 19.4. The average molecular weight is 490 g/mol. The van der Waals surface area contributed by atoms with Gasteiger partial charge < -0.3 is 20.1 Å². The number of halogens is 1. The molecule has 1 aliphatic heterocycles. The summed E-state index contributed by atoms with van der Waals surface area (Å²) in [6.07, 6.45) is 4.71. The molecule has 0 saturated carbocycles. The number of guanidine groups is 1. The van der Waals surface area contributed by atoms with E-state index in [1.54, 1.807) is 14.2 Å². The molecule has 0 aliphatic carbocycles. The predicted molar refractivity (Wildman–Crippen MR) is 123 cm³/mol. The largest absolute Gasteiger partial charge is 0.493 e. The minimum Gasteiger partial charge on any atom is -0.493 e. The maximum absolute atomic E-state index is 5.37. The summed E-state index contributed by atoms with van der Waals surface area (Å²) in [6, 6.07) is 6.63. The lowest BCUT2D eigenvalue weighted by atomic mass is 10.1. The van der Waals surface area contributed by atoms with Crippen LogP contribution in [-0.2, 0) is 6.42 Å². The van der Waals surface area contributed by atoms with E-state index in [0.717, 1.165) is 43.4 Å². The van der Waals surface area contributed by atoms with Gasteiger partial charge in [-0.05, 0) is 56.5 Å². The quantitative estimate of drug-likeness (QED) is 0.317. The van der Waals surface area contributed by atoms with Crippen LogP contribution in [0.5, 0.6) is 11.5 Å². The molecule has 0 bridgehead atoms. The molecule has 0 radical (unpaired) electrons. The van der Waals surface area contributed by atoms with Crippen molar-refractivity contribution in [2.45, 2.75) is 38.6 Å². The highest BCUT2D eigenvalue weighted by Gasteiger charge is 2.20. The molecule has 1 atom stereocenters. The van der Waals surface area contributed by atoms with Crippen molar-refractivity contribution in [2.24, 2.45) is 4.99 Å². The van der Waals surface area contributed by atoms with Gasteiger partial charge in [0.05, 0.1) is 14.2 Å². The van der Waals surface area contributed by atoms with Gasteiger partial charge in [-0.1, -0.05) is 13.0 Å². The highest BCUT2D eigenvalue weighted by atomic mass is 127. The molecule has 7 heteroatoms. The molecule has 1 fully saturated rings. The first-order chi connectivity index (χ1) is 12.7. The van der Waals surface area contributed by atoms with Crippen LogP contribution in [0, 0.1) is 0 Å². The number of nitrogens with one attached hydrogen (secondary N) is 2. The van der Waals surface area contributed by atoms with E-state index in [1.807, 2.05) is 19.2 Å². The SMILES string of the molecule is CCC(CNC(=NC)NCCc1ccc(OC)c(OC)c1)N1CCCC1.I. The van der Waals surface area contributed by atoms with Gasteiger partial charge in [-0.25, -0.2) is 0 Å². The normalized spacial score (nSPS) is 15.8. The van der Waals surface area contributed by atoms with Crippen molar-refractivity contribution >= 4 is 29.9 Å². The first-order valence-corrected chi connectivity index (χ1v) is 9.61. The summed E-state index contributed by atoms with van der Waals surface area (Å²) in [5.41, 5.74) is 1.20. The lowest BCUT2D eigenvalue weighted by Crippen LogP contribution is -2.46. The van der Waals surface area contributed by atoms with Crippen LogP contribution in [0.1, 0.15) is 31.7 Å². The van der Waals surface area contributed by atoms with E-state index in [4.69, 9.17) is 9.47 Å². The van der Waals surface area contributed by atoms with Gasteiger partial charge in [0.2, 0.25) is 0 Å². The molecule has 2 N–H and O–H groups in total. The van der Waals surface area contributed by atoms with Crippen LogP contribution in [0.3, 0.4) is 0 Å². The summed E-state index contributed by atoms with van der Waals surface area (Å²) in [4.78, 5) is 6.93. The lowest BCUT2D eigenvalue weighted by Gasteiger charge is -2.27. The number of aliphatic imine (C=N–C) groups is 1. The van der Waals surface area contributed by atoms with Crippen molar-refractivity contribution in [2.75, 3.05) is 47.4 Å². The smallest absolute Gasteiger partial charge is 0.191 e. The minimum atomic E-state index is 0. The summed E-state index contributed by atoms with van der Waals surface area (Å²) in [7, 11) is 5.14. The number of hydrogen-bond donors (Lipinski definition) is 2. The molecule has 0 aromatic heterocycles. The first-order valence-electron chi connectivity index (χ1n) is 9.61. The number of ether oxygens (including phenoxy) is 2. The third-order valence-corrected chi connectivity index (χ3v) is 5.01. The average Bonchev–Trinajstić information content (AvgIpc) is 3.21. The predicted octanol–water partition coefficient (Wildman–Crippen LogP) is 2.90. The van der Waals surface area contributed by atoms with Crippen LogP contribution in [0.25, 0.3) is 0 Å². The zero-order valence-electron chi connectivity index (χ0n) is 17.1. The van der Waals surface area contributed by atoms with Crippen molar-refractivity contribution in [3.63, 3.8) is 0 Å². The van der Waals surface area contributed by atoms with Crippen molar-refractivity contribution in [1.82, 2.24) is 15.5 Å². The summed E-state index contributed by atoms with van der Waals surface area (Å²) in [6.45, 7) is 6.47. The second-order valence-electron chi connectivity index (χ2n) is 6.62. The van der Waals surface area contributed by atoms with Gasteiger partial charge in [-0.15, -0.1) is 24.0 Å². The number of nitrogens with zero attached hydrogens (tertiary/aromatic N) is 2. The van der Waals surface area contributed by atoms with Gasteiger partial charge in [-0.3, -0.25) is 9.89 Å². The van der Waals surface area contributed by atoms with Crippen molar-refractivity contribution in [3.05, 3.63) is 23.8 Å². The molecule has 2 rings (SSSR count). The van der Waals surface area contributed by atoms with Crippen LogP contribution >= 0.6 is 24.0 Å². The van der Waals surface area contributed by atoms with Gasteiger partial charge in [0, 0.05) is 26.2 Å². The Bertz CT molecular complexity index is 577.